The van der Waals surface area contributed by atoms with Crippen LogP contribution in [0, 0.1) is 5.41 Å². The zero-order valence-corrected chi connectivity index (χ0v) is 16.5. The van der Waals surface area contributed by atoms with E-state index in [2.05, 4.69) is 19.7 Å². The van der Waals surface area contributed by atoms with Gasteiger partial charge in [0.15, 0.2) is 0 Å². The predicted octanol–water partition coefficient (Wildman–Crippen LogP) is 3.35. The second-order valence-corrected chi connectivity index (χ2v) is 8.75. The highest BCUT2D eigenvalue weighted by Crippen LogP contribution is 2.54. The van der Waals surface area contributed by atoms with Crippen molar-refractivity contribution < 1.29 is 9.53 Å². The molecular weight excluding hydrogens is 352 g/mol. The topological polar surface area (TPSA) is 60.2 Å². The molecular formula is C22H28N4O2. The van der Waals surface area contributed by atoms with E-state index in [4.69, 9.17) is 4.74 Å². The standard InChI is InChI=1S/C22H28N4O2/c1-28-18-6-4-5-16(11-18)12-20(27)25-13-19(22(14-25)9-2-3-10-22)21-24-23-15-26(21)17-7-8-17/h4-6,11,15,17,19H,2-3,7-10,12-14H2,1H3. The minimum atomic E-state index is 0.184. The quantitative estimate of drug-likeness (QED) is 0.798. The van der Waals surface area contributed by atoms with Crippen molar-refractivity contribution in [3.8, 4) is 5.75 Å². The molecule has 0 radical (unpaired) electrons. The summed E-state index contributed by atoms with van der Waals surface area (Å²) in [4.78, 5) is 15.2. The molecule has 1 atom stereocenters. The van der Waals surface area contributed by atoms with Gasteiger partial charge in [-0.2, -0.15) is 0 Å². The first-order valence-electron chi connectivity index (χ1n) is 10.5. The van der Waals surface area contributed by atoms with Crippen LogP contribution >= 0.6 is 0 Å². The number of rotatable bonds is 5. The Hall–Kier alpha value is -2.37. The van der Waals surface area contributed by atoms with E-state index in [9.17, 15) is 4.79 Å². The number of benzene rings is 1. The highest BCUT2D eigenvalue weighted by atomic mass is 16.5. The molecule has 2 aromatic rings. The minimum absolute atomic E-state index is 0.184. The summed E-state index contributed by atoms with van der Waals surface area (Å²) in [7, 11) is 1.66. The van der Waals surface area contributed by atoms with Crippen LogP contribution in [-0.2, 0) is 11.2 Å². The summed E-state index contributed by atoms with van der Waals surface area (Å²) in [6.45, 7) is 1.63. The Morgan fingerprint density at radius 2 is 2.11 bits per heavy atom. The average Bonchev–Trinajstić information content (AvgIpc) is 3.12. The predicted molar refractivity (Wildman–Crippen MR) is 105 cm³/mol. The first-order chi connectivity index (χ1) is 13.7. The Balaban J connectivity index is 1.38. The SMILES string of the molecule is COc1cccc(CC(=O)N2CC(c3nncn3C3CC3)C3(CCCC3)C2)c1. The van der Waals surface area contributed by atoms with Crippen LogP contribution in [0.5, 0.6) is 5.75 Å². The molecule has 1 aromatic heterocycles. The second kappa shape index (κ2) is 6.90. The molecule has 1 spiro atoms. The maximum absolute atomic E-state index is 13.1. The van der Waals surface area contributed by atoms with E-state index in [1.54, 1.807) is 7.11 Å². The number of aromatic nitrogens is 3. The third kappa shape index (κ3) is 3.09. The van der Waals surface area contributed by atoms with Gasteiger partial charge < -0.3 is 14.2 Å². The van der Waals surface area contributed by atoms with Crippen LogP contribution in [0.2, 0.25) is 0 Å². The highest BCUT2D eigenvalue weighted by molar-refractivity contribution is 5.79. The number of nitrogens with zero attached hydrogens (tertiary/aromatic N) is 4. The lowest BCUT2D eigenvalue weighted by Crippen LogP contribution is -2.32. The molecule has 1 aliphatic heterocycles. The van der Waals surface area contributed by atoms with Crippen LogP contribution in [-0.4, -0.2) is 45.8 Å². The number of amides is 1. The van der Waals surface area contributed by atoms with Gasteiger partial charge in [-0.3, -0.25) is 4.79 Å². The van der Waals surface area contributed by atoms with Crippen LogP contribution in [0.15, 0.2) is 30.6 Å². The third-order valence-corrected chi connectivity index (χ3v) is 6.94. The van der Waals surface area contributed by atoms with E-state index in [-0.39, 0.29) is 11.3 Å². The molecule has 1 saturated heterocycles. The number of carbonyl (C=O) groups excluding carboxylic acids is 1. The molecule has 6 nitrogen and oxygen atoms in total. The van der Waals surface area contributed by atoms with Crippen molar-refractivity contribution in [1.29, 1.82) is 0 Å². The zero-order chi connectivity index (χ0) is 19.1. The van der Waals surface area contributed by atoms with Gasteiger partial charge in [-0.05, 0) is 48.8 Å². The summed E-state index contributed by atoms with van der Waals surface area (Å²) in [5.74, 6) is 2.43. The smallest absolute Gasteiger partial charge is 0.227 e. The first kappa shape index (κ1) is 17.7. The molecule has 5 rings (SSSR count). The van der Waals surface area contributed by atoms with E-state index >= 15 is 0 Å². The van der Waals surface area contributed by atoms with Crippen molar-refractivity contribution in [3.63, 3.8) is 0 Å². The van der Waals surface area contributed by atoms with E-state index in [0.717, 1.165) is 30.2 Å². The van der Waals surface area contributed by atoms with Crippen molar-refractivity contribution in [3.05, 3.63) is 42.0 Å². The van der Waals surface area contributed by atoms with Crippen LogP contribution in [0.25, 0.3) is 0 Å². The molecule has 6 heteroatoms. The zero-order valence-electron chi connectivity index (χ0n) is 16.5. The lowest BCUT2D eigenvalue weighted by molar-refractivity contribution is -0.129. The Morgan fingerprint density at radius 3 is 2.86 bits per heavy atom. The molecule has 2 aliphatic carbocycles. The van der Waals surface area contributed by atoms with Crippen LogP contribution in [0.4, 0.5) is 0 Å². The van der Waals surface area contributed by atoms with Crippen molar-refractivity contribution in [2.45, 2.75) is 56.9 Å². The summed E-state index contributed by atoms with van der Waals surface area (Å²) in [5.41, 5.74) is 1.19. The molecule has 2 heterocycles. The lowest BCUT2D eigenvalue weighted by atomic mass is 9.76. The molecule has 0 bridgehead atoms. The summed E-state index contributed by atoms with van der Waals surface area (Å²) < 4.78 is 7.60. The number of ether oxygens (including phenoxy) is 1. The van der Waals surface area contributed by atoms with Gasteiger partial charge >= 0.3 is 0 Å². The molecule has 0 N–H and O–H groups in total. The Morgan fingerprint density at radius 1 is 1.29 bits per heavy atom. The van der Waals surface area contributed by atoms with Crippen LogP contribution < -0.4 is 4.74 Å². The van der Waals surface area contributed by atoms with E-state index < -0.39 is 0 Å². The number of hydrogen-bond acceptors (Lipinski definition) is 4. The van der Waals surface area contributed by atoms with Gasteiger partial charge in [0.2, 0.25) is 5.91 Å². The van der Waals surface area contributed by atoms with Gasteiger partial charge in [0.05, 0.1) is 13.5 Å². The third-order valence-electron chi connectivity index (χ3n) is 6.94. The van der Waals surface area contributed by atoms with E-state index in [1.165, 1.54) is 38.5 Å². The van der Waals surface area contributed by atoms with Gasteiger partial charge in [-0.25, -0.2) is 0 Å². The van der Waals surface area contributed by atoms with Gasteiger partial charge in [-0.15, -0.1) is 10.2 Å². The molecule has 3 aliphatic rings. The van der Waals surface area contributed by atoms with Crippen molar-refractivity contribution >= 4 is 5.91 Å². The second-order valence-electron chi connectivity index (χ2n) is 8.75. The van der Waals surface area contributed by atoms with Crippen LogP contribution in [0.1, 0.15) is 61.9 Å². The summed E-state index contributed by atoms with van der Waals surface area (Å²) in [6.07, 6.45) is 9.67. The van der Waals surface area contributed by atoms with Gasteiger partial charge in [0, 0.05) is 25.0 Å². The fourth-order valence-electron chi connectivity index (χ4n) is 5.30. The number of likely N-dealkylation sites (tertiary alicyclic amines) is 1. The van der Waals surface area contributed by atoms with Crippen molar-refractivity contribution in [2.24, 2.45) is 5.41 Å². The van der Waals surface area contributed by atoms with Crippen LogP contribution in [0.3, 0.4) is 0 Å². The van der Waals surface area contributed by atoms with Crippen molar-refractivity contribution in [2.75, 3.05) is 20.2 Å². The lowest BCUT2D eigenvalue weighted by Gasteiger charge is -2.29. The maximum Gasteiger partial charge on any atom is 0.227 e. The highest BCUT2D eigenvalue weighted by Gasteiger charge is 2.52. The fourth-order valence-corrected chi connectivity index (χ4v) is 5.30. The summed E-state index contributed by atoms with van der Waals surface area (Å²) in [6, 6.07) is 8.40. The molecule has 1 unspecified atom stereocenters. The van der Waals surface area contributed by atoms with Gasteiger partial charge in [0.1, 0.15) is 17.9 Å². The maximum atomic E-state index is 13.1. The average molecular weight is 380 g/mol. The summed E-state index contributed by atoms with van der Waals surface area (Å²) >= 11 is 0. The molecule has 3 fully saturated rings. The van der Waals surface area contributed by atoms with E-state index in [0.29, 0.717) is 18.4 Å². The molecule has 28 heavy (non-hydrogen) atoms. The van der Waals surface area contributed by atoms with Gasteiger partial charge in [0.25, 0.3) is 0 Å². The largest absolute Gasteiger partial charge is 0.497 e. The summed E-state index contributed by atoms with van der Waals surface area (Å²) in [5, 5.41) is 8.77. The Labute approximate surface area is 165 Å². The Kier molecular flexibility index (Phi) is 4.37. The van der Waals surface area contributed by atoms with E-state index in [1.807, 2.05) is 30.6 Å². The molecule has 1 aromatic carbocycles. The molecule has 148 valence electrons. The number of methoxy groups -OCH3 is 1. The fraction of sp³-hybridized carbons (Fsp3) is 0.591. The number of carbonyl (C=O) groups is 1. The number of hydrogen-bond donors (Lipinski definition) is 0. The Bertz CT molecular complexity index is 867. The normalized spacial score (nSPS) is 23.5. The van der Waals surface area contributed by atoms with Gasteiger partial charge in [-0.1, -0.05) is 25.0 Å². The first-order valence-corrected chi connectivity index (χ1v) is 10.5. The van der Waals surface area contributed by atoms with Crippen molar-refractivity contribution in [1.82, 2.24) is 19.7 Å². The minimum Gasteiger partial charge on any atom is -0.497 e. The molecule has 2 saturated carbocycles. The molecule has 1 amide bonds. The monoisotopic (exact) mass is 380 g/mol.